The van der Waals surface area contributed by atoms with E-state index in [9.17, 15) is 44.1 Å². The minimum atomic E-state index is -0.909. The zero-order valence-corrected chi connectivity index (χ0v) is 29.1. The fraction of sp³-hybridized carbons (Fsp3) is 0.559. The van der Waals surface area contributed by atoms with E-state index in [0.717, 1.165) is 0 Å². The minimum Gasteiger partial charge on any atom is -0.503 e. The van der Waals surface area contributed by atoms with Crippen molar-refractivity contribution in [2.75, 3.05) is 39.5 Å². The van der Waals surface area contributed by atoms with Gasteiger partial charge >= 0.3 is 0 Å². The highest BCUT2D eigenvalue weighted by Crippen LogP contribution is 2.24. The number of allylic oxidation sites excluding steroid dienone is 3. The van der Waals surface area contributed by atoms with Crippen LogP contribution in [0.15, 0.2) is 49.3 Å². The second kappa shape index (κ2) is 20.2. The summed E-state index contributed by atoms with van der Waals surface area (Å²) in [6.07, 6.45) is 5.72. The molecule has 19 heteroatoms. The van der Waals surface area contributed by atoms with Gasteiger partial charge in [-0.05, 0) is 57.8 Å². The number of hydrogen-bond donors (Lipinski definition) is 10. The SMILES string of the molecule is NC(CCCNC(=O)C1=C(O)C(=O)C(CCO)C=N1)(CCCNC(=O)C1=C(O)C(=O)C(CCO)C=N1)CCCNC(=O)C1=C(O)C(=O)C(CCO)C=N1. The van der Waals surface area contributed by atoms with Crippen molar-refractivity contribution in [3.8, 4) is 0 Å². The molecule has 290 valence electrons. The maximum Gasteiger partial charge on any atom is 0.273 e. The maximum atomic E-state index is 12.7. The zero-order chi connectivity index (χ0) is 39.1. The molecule has 0 spiro atoms. The molecule has 0 aliphatic carbocycles. The summed E-state index contributed by atoms with van der Waals surface area (Å²) >= 11 is 0. The number of nitrogens with one attached hydrogen (secondary N) is 3. The molecule has 0 aromatic carbocycles. The minimum absolute atomic E-state index is 0.0484. The van der Waals surface area contributed by atoms with Crippen LogP contribution in [-0.4, -0.2) is 129 Å². The lowest BCUT2D eigenvalue weighted by Crippen LogP contribution is -2.42. The Kier molecular flexibility index (Phi) is 16.1. The molecule has 11 N–H and O–H groups in total. The summed E-state index contributed by atoms with van der Waals surface area (Å²) in [5.41, 5.74) is 4.53. The van der Waals surface area contributed by atoms with Crippen molar-refractivity contribution >= 4 is 53.7 Å². The summed E-state index contributed by atoms with van der Waals surface area (Å²) in [6.45, 7) is -0.656. The van der Waals surface area contributed by atoms with Crippen LogP contribution in [0, 0.1) is 17.8 Å². The number of rotatable bonds is 21. The van der Waals surface area contributed by atoms with Crippen LogP contribution in [0.4, 0.5) is 0 Å². The summed E-state index contributed by atoms with van der Waals surface area (Å²) in [5.74, 6) is -9.41. The predicted octanol–water partition coefficient (Wildman–Crippen LogP) is -1.36. The molecule has 0 saturated heterocycles. The standard InChI is InChI=1S/C34H47N7O12/c35-34(7-1-10-36-31(51)22-28(48)25(45)19(4-13-42)16-39-22,8-2-11-37-32(52)23-29(49)26(46)20(5-14-43)17-40-23)9-3-12-38-33(53)24-30(50)27(47)21(6-15-44)18-41-24/h16-21,42-44,48-50H,1-15,35H2,(H,36,51)(H,37,52)(H,38,53). The molecule has 3 aliphatic rings. The van der Waals surface area contributed by atoms with Gasteiger partial charge in [-0.15, -0.1) is 0 Å². The first-order valence-corrected chi connectivity index (χ1v) is 17.3. The second-order valence-electron chi connectivity index (χ2n) is 12.8. The molecule has 0 saturated carbocycles. The molecular formula is C34H47N7O12. The van der Waals surface area contributed by atoms with Gasteiger partial charge < -0.3 is 52.3 Å². The van der Waals surface area contributed by atoms with Crippen LogP contribution >= 0.6 is 0 Å². The average Bonchev–Trinajstić information content (AvgIpc) is 3.13. The van der Waals surface area contributed by atoms with E-state index in [1.165, 1.54) is 18.6 Å². The Hall–Kier alpha value is -5.11. The van der Waals surface area contributed by atoms with E-state index in [1.807, 2.05) is 0 Å². The lowest BCUT2D eigenvalue weighted by molar-refractivity contribution is -0.122. The Bertz CT molecular complexity index is 1430. The first-order chi connectivity index (χ1) is 25.3. The molecule has 0 bridgehead atoms. The van der Waals surface area contributed by atoms with Crippen molar-refractivity contribution in [3.63, 3.8) is 0 Å². The number of carbonyl (C=O) groups is 6. The van der Waals surface area contributed by atoms with Gasteiger partial charge in [-0.25, -0.2) is 0 Å². The molecule has 3 atom stereocenters. The van der Waals surface area contributed by atoms with Gasteiger partial charge in [0.05, 0.1) is 17.8 Å². The van der Waals surface area contributed by atoms with Gasteiger partial charge in [0.1, 0.15) is 0 Å². The van der Waals surface area contributed by atoms with Crippen LogP contribution in [0.3, 0.4) is 0 Å². The molecule has 3 rings (SSSR count). The Balaban J connectivity index is 1.57. The molecule has 3 aliphatic heterocycles. The highest BCUT2D eigenvalue weighted by Gasteiger charge is 2.33. The Morgan fingerprint density at radius 2 is 0.830 bits per heavy atom. The molecule has 0 aromatic rings. The number of aliphatic hydroxyl groups excluding tert-OH is 6. The normalized spacial score (nSPS) is 21.3. The summed E-state index contributed by atoms with van der Waals surface area (Å²) in [5, 5.41) is 65.6. The zero-order valence-electron chi connectivity index (χ0n) is 29.1. The van der Waals surface area contributed by atoms with E-state index in [2.05, 4.69) is 30.9 Å². The Morgan fingerprint density at radius 3 is 1.08 bits per heavy atom. The third-order valence-electron chi connectivity index (χ3n) is 8.91. The lowest BCUT2D eigenvalue weighted by Gasteiger charge is -2.30. The van der Waals surface area contributed by atoms with E-state index >= 15 is 0 Å². The van der Waals surface area contributed by atoms with Gasteiger partial charge in [-0.1, -0.05) is 0 Å². The average molecular weight is 746 g/mol. The van der Waals surface area contributed by atoms with Crippen molar-refractivity contribution in [1.29, 1.82) is 0 Å². The topological polar surface area (TPSA) is 323 Å². The smallest absolute Gasteiger partial charge is 0.273 e. The molecule has 0 fully saturated rings. The number of carbonyl (C=O) groups excluding carboxylic acids is 6. The van der Waals surface area contributed by atoms with E-state index < -0.39 is 92.7 Å². The van der Waals surface area contributed by atoms with Crippen LogP contribution in [0.5, 0.6) is 0 Å². The van der Waals surface area contributed by atoms with E-state index in [4.69, 9.17) is 21.1 Å². The Morgan fingerprint density at radius 1 is 0.566 bits per heavy atom. The maximum absolute atomic E-state index is 12.7. The number of hydrogen-bond acceptors (Lipinski definition) is 16. The number of aliphatic imine (C=N–C) groups is 3. The molecule has 0 radical (unpaired) electrons. The highest BCUT2D eigenvalue weighted by atomic mass is 16.3. The van der Waals surface area contributed by atoms with Gasteiger partial charge in [0, 0.05) is 63.6 Å². The fourth-order valence-corrected chi connectivity index (χ4v) is 5.84. The molecule has 3 heterocycles. The molecule has 0 aromatic heterocycles. The number of amides is 3. The quantitative estimate of drug-likeness (QED) is 0.0608. The van der Waals surface area contributed by atoms with Crippen molar-refractivity contribution < 1.29 is 59.4 Å². The van der Waals surface area contributed by atoms with E-state index in [-0.39, 0.29) is 58.7 Å². The first kappa shape index (κ1) is 42.3. The fourth-order valence-electron chi connectivity index (χ4n) is 5.84. The largest absolute Gasteiger partial charge is 0.503 e. The molecule has 19 nitrogen and oxygen atoms in total. The third-order valence-corrected chi connectivity index (χ3v) is 8.91. The molecular weight excluding hydrogens is 698 g/mol. The summed E-state index contributed by atoms with van der Waals surface area (Å²) in [7, 11) is 0. The monoisotopic (exact) mass is 745 g/mol. The molecule has 3 amide bonds. The Labute approximate surface area is 304 Å². The first-order valence-electron chi connectivity index (χ1n) is 17.3. The van der Waals surface area contributed by atoms with Crippen LogP contribution < -0.4 is 21.7 Å². The number of nitrogens with two attached hydrogens (primary N) is 1. The highest BCUT2D eigenvalue weighted by molar-refractivity contribution is 6.14. The number of Topliss-reactive ketones (excluding diaryl/α,β-unsaturated/α-hetero) is 3. The van der Waals surface area contributed by atoms with E-state index in [1.54, 1.807) is 0 Å². The van der Waals surface area contributed by atoms with Crippen LogP contribution in [0.2, 0.25) is 0 Å². The summed E-state index contributed by atoms with van der Waals surface area (Å²) < 4.78 is 0. The molecule has 53 heavy (non-hydrogen) atoms. The summed E-state index contributed by atoms with van der Waals surface area (Å²) in [6, 6.07) is 0. The van der Waals surface area contributed by atoms with Crippen molar-refractivity contribution in [2.45, 2.75) is 63.3 Å². The van der Waals surface area contributed by atoms with Gasteiger partial charge in [0.15, 0.2) is 34.4 Å². The van der Waals surface area contributed by atoms with Crippen LogP contribution in [-0.2, 0) is 28.8 Å². The van der Waals surface area contributed by atoms with Crippen LogP contribution in [0.1, 0.15) is 57.8 Å². The lowest BCUT2D eigenvalue weighted by atomic mass is 9.84. The summed E-state index contributed by atoms with van der Waals surface area (Å²) in [4.78, 5) is 86.5. The van der Waals surface area contributed by atoms with Gasteiger partial charge in [-0.3, -0.25) is 43.7 Å². The van der Waals surface area contributed by atoms with Crippen molar-refractivity contribution in [1.82, 2.24) is 16.0 Å². The van der Waals surface area contributed by atoms with Gasteiger partial charge in [0.2, 0.25) is 17.3 Å². The van der Waals surface area contributed by atoms with E-state index in [0.29, 0.717) is 38.5 Å². The van der Waals surface area contributed by atoms with Gasteiger partial charge in [0.25, 0.3) is 17.7 Å². The number of nitrogens with zero attached hydrogens (tertiary/aromatic N) is 3. The van der Waals surface area contributed by atoms with Crippen molar-refractivity contribution in [3.05, 3.63) is 34.4 Å². The predicted molar refractivity (Wildman–Crippen MR) is 189 cm³/mol. The second-order valence-corrected chi connectivity index (χ2v) is 12.8. The third kappa shape index (κ3) is 11.4. The van der Waals surface area contributed by atoms with Crippen LogP contribution in [0.25, 0.3) is 0 Å². The number of aliphatic hydroxyl groups is 6. The van der Waals surface area contributed by atoms with Crippen molar-refractivity contribution in [2.24, 2.45) is 38.5 Å². The number of ketones is 3. The van der Waals surface area contributed by atoms with Gasteiger partial charge in [-0.2, -0.15) is 0 Å². The molecule has 3 unspecified atom stereocenters.